The Labute approximate surface area is 105 Å². The quantitative estimate of drug-likeness (QED) is 0.790. The van der Waals surface area contributed by atoms with Crippen LogP contribution in [0.3, 0.4) is 0 Å². The van der Waals surface area contributed by atoms with Gasteiger partial charge in [0.15, 0.2) is 0 Å². The van der Waals surface area contributed by atoms with E-state index >= 15 is 0 Å². The molecule has 0 aromatic heterocycles. The molecule has 2 saturated carbocycles. The summed E-state index contributed by atoms with van der Waals surface area (Å²) in [7, 11) is 0. The standard InChI is InChI=1S/C14H27NO2/c16-11-10-15(12-6-2-1-3-7-12)13-8-4-5-9-14(13)17/h12-14,16-17H,1-11H2/t13-,14-/m0/s1. The Balaban J connectivity index is 1.98. The Hall–Kier alpha value is -0.120. The molecular formula is C14H27NO2. The summed E-state index contributed by atoms with van der Waals surface area (Å²) >= 11 is 0. The number of aliphatic hydroxyl groups is 2. The molecule has 0 saturated heterocycles. The van der Waals surface area contributed by atoms with Crippen LogP contribution in [0, 0.1) is 0 Å². The molecule has 2 aliphatic rings. The molecule has 2 aliphatic carbocycles. The maximum absolute atomic E-state index is 10.2. The van der Waals surface area contributed by atoms with E-state index in [0.717, 1.165) is 25.8 Å². The van der Waals surface area contributed by atoms with Crippen molar-refractivity contribution in [1.82, 2.24) is 4.90 Å². The summed E-state index contributed by atoms with van der Waals surface area (Å²) in [6.07, 6.45) is 10.8. The number of hydrogen-bond acceptors (Lipinski definition) is 3. The average Bonchev–Trinajstić information content (AvgIpc) is 2.38. The first-order valence-electron chi connectivity index (χ1n) is 7.37. The van der Waals surface area contributed by atoms with Crippen molar-refractivity contribution in [3.63, 3.8) is 0 Å². The van der Waals surface area contributed by atoms with Crippen LogP contribution in [-0.2, 0) is 0 Å². The van der Waals surface area contributed by atoms with Crippen molar-refractivity contribution < 1.29 is 10.2 Å². The zero-order valence-corrected chi connectivity index (χ0v) is 10.9. The van der Waals surface area contributed by atoms with E-state index in [4.69, 9.17) is 0 Å². The molecule has 0 aliphatic heterocycles. The molecule has 0 bridgehead atoms. The zero-order valence-electron chi connectivity index (χ0n) is 10.9. The molecule has 2 fully saturated rings. The second-order valence-corrected chi connectivity index (χ2v) is 5.67. The highest BCUT2D eigenvalue weighted by molar-refractivity contribution is 4.88. The minimum absolute atomic E-state index is 0.169. The molecule has 2 N–H and O–H groups in total. The first kappa shape index (κ1) is 13.3. The Bertz CT molecular complexity index is 216. The Morgan fingerprint density at radius 3 is 2.18 bits per heavy atom. The van der Waals surface area contributed by atoms with Crippen molar-refractivity contribution in [2.24, 2.45) is 0 Å². The van der Waals surface area contributed by atoms with Crippen LogP contribution in [-0.4, -0.2) is 46.5 Å². The van der Waals surface area contributed by atoms with E-state index in [1.165, 1.54) is 38.5 Å². The van der Waals surface area contributed by atoms with Gasteiger partial charge in [-0.05, 0) is 25.7 Å². The van der Waals surface area contributed by atoms with Crippen molar-refractivity contribution in [3.8, 4) is 0 Å². The summed E-state index contributed by atoms with van der Waals surface area (Å²) in [5, 5.41) is 19.4. The van der Waals surface area contributed by atoms with E-state index in [0.29, 0.717) is 12.1 Å². The SMILES string of the molecule is OCCN(C1CCCCC1)[C@H]1CCCC[C@@H]1O. The molecular weight excluding hydrogens is 214 g/mol. The molecule has 3 nitrogen and oxygen atoms in total. The van der Waals surface area contributed by atoms with Crippen LogP contribution >= 0.6 is 0 Å². The molecule has 100 valence electrons. The van der Waals surface area contributed by atoms with Crippen LogP contribution in [0.25, 0.3) is 0 Å². The molecule has 0 heterocycles. The molecule has 0 aromatic carbocycles. The molecule has 17 heavy (non-hydrogen) atoms. The van der Waals surface area contributed by atoms with Crippen molar-refractivity contribution in [3.05, 3.63) is 0 Å². The van der Waals surface area contributed by atoms with E-state index in [9.17, 15) is 10.2 Å². The topological polar surface area (TPSA) is 43.7 Å². The normalized spacial score (nSPS) is 31.9. The average molecular weight is 241 g/mol. The lowest BCUT2D eigenvalue weighted by atomic mass is 9.87. The fourth-order valence-corrected chi connectivity index (χ4v) is 3.63. The predicted octanol–water partition coefficient (Wildman–Crippen LogP) is 1.92. The molecule has 2 atom stereocenters. The van der Waals surface area contributed by atoms with E-state index in [2.05, 4.69) is 4.90 Å². The van der Waals surface area contributed by atoms with Gasteiger partial charge in [-0.3, -0.25) is 4.90 Å². The summed E-state index contributed by atoms with van der Waals surface area (Å²) in [5.41, 5.74) is 0. The summed E-state index contributed by atoms with van der Waals surface area (Å²) in [4.78, 5) is 2.42. The number of hydrogen-bond donors (Lipinski definition) is 2. The van der Waals surface area contributed by atoms with Crippen LogP contribution in [0.1, 0.15) is 57.8 Å². The minimum atomic E-state index is -0.169. The Morgan fingerprint density at radius 2 is 1.53 bits per heavy atom. The van der Waals surface area contributed by atoms with Gasteiger partial charge in [0.1, 0.15) is 0 Å². The number of aliphatic hydroxyl groups excluding tert-OH is 2. The maximum Gasteiger partial charge on any atom is 0.0695 e. The molecule has 0 amide bonds. The van der Waals surface area contributed by atoms with Crippen LogP contribution in [0.5, 0.6) is 0 Å². The largest absolute Gasteiger partial charge is 0.395 e. The zero-order chi connectivity index (χ0) is 12.1. The van der Waals surface area contributed by atoms with E-state index in [1.807, 2.05) is 0 Å². The van der Waals surface area contributed by atoms with Gasteiger partial charge in [-0.1, -0.05) is 32.1 Å². The smallest absolute Gasteiger partial charge is 0.0695 e. The first-order valence-corrected chi connectivity index (χ1v) is 7.37. The molecule has 0 aromatic rings. The van der Waals surface area contributed by atoms with Gasteiger partial charge in [-0.2, -0.15) is 0 Å². The Morgan fingerprint density at radius 1 is 0.882 bits per heavy atom. The summed E-state index contributed by atoms with van der Waals surface area (Å²) in [6, 6.07) is 0.910. The lowest BCUT2D eigenvalue weighted by Crippen LogP contribution is -2.52. The summed E-state index contributed by atoms with van der Waals surface area (Å²) in [6.45, 7) is 0.964. The summed E-state index contributed by atoms with van der Waals surface area (Å²) in [5.74, 6) is 0. The molecule has 0 spiro atoms. The third kappa shape index (κ3) is 3.43. The van der Waals surface area contributed by atoms with Crippen LogP contribution in [0.4, 0.5) is 0 Å². The molecule has 0 radical (unpaired) electrons. The maximum atomic E-state index is 10.2. The predicted molar refractivity (Wildman–Crippen MR) is 68.9 cm³/mol. The van der Waals surface area contributed by atoms with Crippen LogP contribution < -0.4 is 0 Å². The van der Waals surface area contributed by atoms with Crippen molar-refractivity contribution in [2.75, 3.05) is 13.2 Å². The minimum Gasteiger partial charge on any atom is -0.395 e. The van der Waals surface area contributed by atoms with Crippen LogP contribution in [0.15, 0.2) is 0 Å². The van der Waals surface area contributed by atoms with Gasteiger partial charge in [0.2, 0.25) is 0 Å². The van der Waals surface area contributed by atoms with Gasteiger partial charge in [0, 0.05) is 18.6 Å². The summed E-state index contributed by atoms with van der Waals surface area (Å²) < 4.78 is 0. The highest BCUT2D eigenvalue weighted by Gasteiger charge is 2.33. The number of nitrogens with zero attached hydrogens (tertiary/aromatic N) is 1. The van der Waals surface area contributed by atoms with Crippen molar-refractivity contribution in [1.29, 1.82) is 0 Å². The first-order chi connectivity index (χ1) is 8.33. The molecule has 3 heteroatoms. The highest BCUT2D eigenvalue weighted by atomic mass is 16.3. The lowest BCUT2D eigenvalue weighted by Gasteiger charge is -2.43. The van der Waals surface area contributed by atoms with Gasteiger partial charge in [-0.25, -0.2) is 0 Å². The molecule has 0 unspecified atom stereocenters. The monoisotopic (exact) mass is 241 g/mol. The van der Waals surface area contributed by atoms with Gasteiger partial charge in [-0.15, -0.1) is 0 Å². The van der Waals surface area contributed by atoms with E-state index in [-0.39, 0.29) is 12.7 Å². The fraction of sp³-hybridized carbons (Fsp3) is 1.00. The second kappa shape index (κ2) is 6.72. The van der Waals surface area contributed by atoms with Gasteiger partial charge in [0.05, 0.1) is 12.7 Å². The van der Waals surface area contributed by atoms with Crippen LogP contribution in [0.2, 0.25) is 0 Å². The molecule has 2 rings (SSSR count). The van der Waals surface area contributed by atoms with Crippen molar-refractivity contribution >= 4 is 0 Å². The van der Waals surface area contributed by atoms with Gasteiger partial charge < -0.3 is 10.2 Å². The third-order valence-corrected chi connectivity index (χ3v) is 4.52. The van der Waals surface area contributed by atoms with Crippen molar-refractivity contribution in [2.45, 2.75) is 76.0 Å². The fourth-order valence-electron chi connectivity index (χ4n) is 3.63. The van der Waals surface area contributed by atoms with E-state index < -0.39 is 0 Å². The Kier molecular flexibility index (Phi) is 5.26. The van der Waals surface area contributed by atoms with E-state index in [1.54, 1.807) is 0 Å². The number of rotatable bonds is 4. The van der Waals surface area contributed by atoms with Gasteiger partial charge >= 0.3 is 0 Å². The second-order valence-electron chi connectivity index (χ2n) is 5.67. The lowest BCUT2D eigenvalue weighted by molar-refractivity contribution is -0.0170. The van der Waals surface area contributed by atoms with Gasteiger partial charge in [0.25, 0.3) is 0 Å². The highest BCUT2D eigenvalue weighted by Crippen LogP contribution is 2.30. The third-order valence-electron chi connectivity index (χ3n) is 4.52.